The molecule has 0 aliphatic carbocycles. The minimum absolute atomic E-state index is 0.0624. The Morgan fingerprint density at radius 3 is 1.86 bits per heavy atom. The first-order valence-corrected chi connectivity index (χ1v) is 16.0. The molecule has 0 atom stereocenters. The quantitative estimate of drug-likeness (QED) is 0.201. The van der Waals surface area contributed by atoms with Crippen molar-refractivity contribution in [2.45, 2.75) is 19.3 Å². The number of aromatic nitrogens is 1. The van der Waals surface area contributed by atoms with Crippen LogP contribution in [0.4, 0.5) is 17.1 Å². The van der Waals surface area contributed by atoms with Crippen molar-refractivity contribution in [3.63, 3.8) is 0 Å². The molecule has 0 saturated carbocycles. The number of rotatable bonds is 3. The summed E-state index contributed by atoms with van der Waals surface area (Å²) in [6.07, 6.45) is 0. The summed E-state index contributed by atoms with van der Waals surface area (Å²) in [5.41, 5.74) is 12.5. The molecular formula is C41H30N2S. The number of fused-ring (bicyclic) bond motifs is 7. The standard InChI is InChI=1S/C41H30N2S/c1-41(2)33-15-7-9-17-36(33)42(37-18-10-8-16-34(37)41)30-23-20-27(21-24-30)28-22-25-35-32(26-28)40-39(31-14-6-11-19-38(31)44-40)43(35)29-12-4-3-5-13-29/h3-26H,1-2H3. The Bertz CT molecular complexity index is 2310. The summed E-state index contributed by atoms with van der Waals surface area (Å²) in [4.78, 5) is 2.42. The third-order valence-electron chi connectivity index (χ3n) is 9.38. The van der Waals surface area contributed by atoms with Gasteiger partial charge in [0, 0.05) is 32.3 Å². The van der Waals surface area contributed by atoms with E-state index >= 15 is 0 Å². The molecule has 1 aliphatic heterocycles. The van der Waals surface area contributed by atoms with E-state index in [-0.39, 0.29) is 5.41 Å². The molecule has 2 aromatic heterocycles. The maximum atomic E-state index is 2.43. The number of benzene rings is 6. The molecule has 44 heavy (non-hydrogen) atoms. The fraction of sp³-hybridized carbons (Fsp3) is 0.0732. The van der Waals surface area contributed by atoms with Crippen LogP contribution >= 0.6 is 11.3 Å². The second-order valence-electron chi connectivity index (χ2n) is 12.2. The van der Waals surface area contributed by atoms with Crippen molar-refractivity contribution in [3.05, 3.63) is 157 Å². The second kappa shape index (κ2) is 9.44. The summed E-state index contributed by atoms with van der Waals surface area (Å²) in [7, 11) is 0. The average molecular weight is 583 g/mol. The molecular weight excluding hydrogens is 553 g/mol. The Morgan fingerprint density at radius 2 is 1.14 bits per heavy atom. The normalized spacial score (nSPS) is 13.8. The van der Waals surface area contributed by atoms with E-state index in [0.29, 0.717) is 0 Å². The highest BCUT2D eigenvalue weighted by Crippen LogP contribution is 2.52. The van der Waals surface area contributed by atoms with Crippen molar-refractivity contribution in [3.8, 4) is 16.8 Å². The molecule has 3 heteroatoms. The fourth-order valence-corrected chi connectivity index (χ4v) is 8.46. The van der Waals surface area contributed by atoms with Gasteiger partial charge >= 0.3 is 0 Å². The largest absolute Gasteiger partial charge is 0.310 e. The lowest BCUT2D eigenvalue weighted by Crippen LogP contribution is -2.30. The molecule has 3 heterocycles. The van der Waals surface area contributed by atoms with Crippen LogP contribution < -0.4 is 4.90 Å². The Labute approximate surface area is 261 Å². The SMILES string of the molecule is CC1(C)c2ccccc2N(c2ccc(-c3ccc4c(c3)c3sc5ccccc5c3n4-c3ccccc3)cc2)c2ccccc21. The van der Waals surface area contributed by atoms with E-state index in [1.165, 1.54) is 76.2 Å². The smallest absolute Gasteiger partial charge is 0.0727 e. The van der Waals surface area contributed by atoms with Gasteiger partial charge in [0.25, 0.3) is 0 Å². The Kier molecular flexibility index (Phi) is 5.45. The Hall–Kier alpha value is -5.12. The highest BCUT2D eigenvalue weighted by Gasteiger charge is 2.36. The molecule has 0 spiro atoms. The van der Waals surface area contributed by atoms with Gasteiger partial charge in [0.05, 0.1) is 27.1 Å². The molecule has 0 fully saturated rings. The van der Waals surface area contributed by atoms with Gasteiger partial charge in [-0.1, -0.05) is 105 Å². The van der Waals surface area contributed by atoms with E-state index in [2.05, 4.69) is 169 Å². The van der Waals surface area contributed by atoms with Gasteiger partial charge in [-0.15, -0.1) is 11.3 Å². The van der Waals surface area contributed by atoms with Gasteiger partial charge in [0.15, 0.2) is 0 Å². The molecule has 210 valence electrons. The predicted molar refractivity (Wildman–Crippen MR) is 188 cm³/mol. The molecule has 8 aromatic rings. The predicted octanol–water partition coefficient (Wildman–Crippen LogP) is 11.8. The summed E-state index contributed by atoms with van der Waals surface area (Å²) in [6, 6.07) is 53.2. The van der Waals surface area contributed by atoms with Crippen LogP contribution in [-0.2, 0) is 5.41 Å². The van der Waals surface area contributed by atoms with Crippen LogP contribution in [-0.4, -0.2) is 4.57 Å². The first-order chi connectivity index (χ1) is 21.6. The van der Waals surface area contributed by atoms with Gasteiger partial charge in [-0.2, -0.15) is 0 Å². The van der Waals surface area contributed by atoms with Crippen molar-refractivity contribution < 1.29 is 0 Å². The van der Waals surface area contributed by atoms with E-state index in [0.717, 1.165) is 0 Å². The molecule has 0 saturated heterocycles. The van der Waals surface area contributed by atoms with Gasteiger partial charge in [0.2, 0.25) is 0 Å². The van der Waals surface area contributed by atoms with E-state index in [9.17, 15) is 0 Å². The van der Waals surface area contributed by atoms with Crippen LogP contribution in [0.5, 0.6) is 0 Å². The summed E-state index contributed by atoms with van der Waals surface area (Å²) >= 11 is 1.89. The summed E-state index contributed by atoms with van der Waals surface area (Å²) in [5.74, 6) is 0. The van der Waals surface area contributed by atoms with Gasteiger partial charge in [-0.3, -0.25) is 0 Å². The molecule has 1 aliphatic rings. The lowest BCUT2D eigenvalue weighted by molar-refractivity contribution is 0.632. The molecule has 0 N–H and O–H groups in total. The number of hydrogen-bond acceptors (Lipinski definition) is 2. The molecule has 6 aromatic carbocycles. The summed E-state index contributed by atoms with van der Waals surface area (Å²) < 4.78 is 5.10. The topological polar surface area (TPSA) is 8.17 Å². The zero-order valence-corrected chi connectivity index (χ0v) is 25.5. The zero-order chi connectivity index (χ0) is 29.4. The number of para-hydroxylation sites is 3. The minimum Gasteiger partial charge on any atom is -0.310 e. The second-order valence-corrected chi connectivity index (χ2v) is 13.3. The van der Waals surface area contributed by atoms with Crippen LogP contribution in [0.15, 0.2) is 146 Å². The van der Waals surface area contributed by atoms with Gasteiger partial charge in [0.1, 0.15) is 0 Å². The Balaban J connectivity index is 1.19. The molecule has 0 bridgehead atoms. The van der Waals surface area contributed by atoms with Crippen LogP contribution in [0.3, 0.4) is 0 Å². The molecule has 0 amide bonds. The molecule has 2 nitrogen and oxygen atoms in total. The molecule has 9 rings (SSSR count). The number of nitrogens with zero attached hydrogens (tertiary/aromatic N) is 2. The van der Waals surface area contributed by atoms with E-state index < -0.39 is 0 Å². The monoisotopic (exact) mass is 582 g/mol. The highest BCUT2D eigenvalue weighted by atomic mass is 32.1. The molecule has 0 unspecified atom stereocenters. The zero-order valence-electron chi connectivity index (χ0n) is 24.7. The van der Waals surface area contributed by atoms with Crippen molar-refractivity contribution in [1.29, 1.82) is 0 Å². The summed E-state index contributed by atoms with van der Waals surface area (Å²) in [5, 5.41) is 2.61. The lowest BCUT2D eigenvalue weighted by Gasteiger charge is -2.42. The van der Waals surface area contributed by atoms with Crippen molar-refractivity contribution in [2.75, 3.05) is 4.90 Å². The minimum atomic E-state index is -0.0624. The van der Waals surface area contributed by atoms with E-state index in [1.54, 1.807) is 0 Å². The van der Waals surface area contributed by atoms with Crippen LogP contribution in [0, 0.1) is 0 Å². The van der Waals surface area contributed by atoms with Crippen LogP contribution in [0.1, 0.15) is 25.0 Å². The fourth-order valence-electron chi connectivity index (χ4n) is 7.24. The number of anilines is 3. The maximum absolute atomic E-state index is 2.43. The van der Waals surface area contributed by atoms with Crippen LogP contribution in [0.2, 0.25) is 0 Å². The molecule has 0 radical (unpaired) electrons. The van der Waals surface area contributed by atoms with Crippen molar-refractivity contribution in [2.24, 2.45) is 0 Å². The maximum Gasteiger partial charge on any atom is 0.0727 e. The third kappa shape index (κ3) is 3.60. The van der Waals surface area contributed by atoms with Gasteiger partial charge in [-0.05, 0) is 76.9 Å². The van der Waals surface area contributed by atoms with E-state index in [1.807, 2.05) is 11.3 Å². The van der Waals surface area contributed by atoms with Gasteiger partial charge < -0.3 is 9.47 Å². The first-order valence-electron chi connectivity index (χ1n) is 15.2. The lowest BCUT2D eigenvalue weighted by atomic mass is 9.73. The summed E-state index contributed by atoms with van der Waals surface area (Å²) in [6.45, 7) is 4.67. The van der Waals surface area contributed by atoms with Crippen molar-refractivity contribution >= 4 is 59.6 Å². The van der Waals surface area contributed by atoms with E-state index in [4.69, 9.17) is 0 Å². The first kappa shape index (κ1) is 25.4. The number of hydrogen-bond donors (Lipinski definition) is 0. The Morgan fingerprint density at radius 1 is 0.523 bits per heavy atom. The van der Waals surface area contributed by atoms with Gasteiger partial charge in [-0.25, -0.2) is 0 Å². The van der Waals surface area contributed by atoms with Crippen molar-refractivity contribution in [1.82, 2.24) is 4.57 Å². The van der Waals surface area contributed by atoms with Crippen LogP contribution in [0.25, 0.3) is 48.0 Å². The number of thiophene rings is 1. The highest BCUT2D eigenvalue weighted by molar-refractivity contribution is 7.26. The average Bonchev–Trinajstić information content (AvgIpc) is 3.60. The third-order valence-corrected chi connectivity index (χ3v) is 10.6.